The van der Waals surface area contributed by atoms with Gasteiger partial charge in [0, 0.05) is 72.7 Å². The molecule has 0 N–H and O–H groups in total. The molecule has 3 aromatic heterocycles. The zero-order valence-corrected chi connectivity index (χ0v) is 54.5. The molecular formula is C72H53BF14N3O11-. The lowest BCUT2D eigenvalue weighted by Crippen LogP contribution is -2.55. The van der Waals surface area contributed by atoms with Crippen molar-refractivity contribution in [2.45, 2.75) is 78.6 Å². The van der Waals surface area contributed by atoms with Gasteiger partial charge in [-0.3, -0.25) is 14.4 Å². The van der Waals surface area contributed by atoms with Gasteiger partial charge in [0.15, 0.2) is 0 Å². The molecule has 0 saturated carbocycles. The highest BCUT2D eigenvalue weighted by Gasteiger charge is 2.51. The Morgan fingerprint density at radius 1 is 0.584 bits per heavy atom. The number of allylic oxidation sites excluding steroid dienone is 1. The van der Waals surface area contributed by atoms with Gasteiger partial charge in [-0.2, -0.15) is 52.7 Å². The van der Waals surface area contributed by atoms with Crippen LogP contribution in [0, 0.1) is 12.8 Å². The van der Waals surface area contributed by atoms with E-state index < -0.39 is 145 Å². The Morgan fingerprint density at radius 3 is 1.57 bits per heavy atom. The van der Waals surface area contributed by atoms with Crippen LogP contribution in [-0.2, 0) is 50.2 Å². The monoisotopic (exact) mass is 1410 g/mol. The van der Waals surface area contributed by atoms with Crippen LogP contribution < -0.4 is 25.3 Å². The zero-order valence-electron chi connectivity index (χ0n) is 54.5. The molecule has 14 nitrogen and oxygen atoms in total. The molecular weight excluding hydrogens is 1360 g/mol. The van der Waals surface area contributed by atoms with E-state index in [0.717, 1.165) is 54.0 Å². The van der Waals surface area contributed by atoms with Crippen molar-refractivity contribution in [3.05, 3.63) is 214 Å². The summed E-state index contributed by atoms with van der Waals surface area (Å²) in [4.78, 5) is 72.7. The fourth-order valence-corrected chi connectivity index (χ4v) is 13.7. The van der Waals surface area contributed by atoms with Crippen LogP contribution in [0.25, 0.3) is 77.0 Å². The molecule has 2 aliphatic heterocycles. The van der Waals surface area contributed by atoms with Gasteiger partial charge in [0.25, 0.3) is 11.1 Å². The van der Waals surface area contributed by atoms with Crippen LogP contribution >= 0.6 is 0 Å². The Bertz CT molecular complexity index is 5300. The van der Waals surface area contributed by atoms with Gasteiger partial charge in [-0.05, 0) is 138 Å². The molecule has 2 aliphatic rings. The predicted octanol–water partition coefficient (Wildman–Crippen LogP) is 17.8. The molecule has 524 valence electrons. The number of hydrogen-bond acceptors (Lipinski definition) is 12. The van der Waals surface area contributed by atoms with E-state index in [4.69, 9.17) is 28.1 Å². The minimum absolute atomic E-state index is 0.0106. The van der Waals surface area contributed by atoms with Crippen LogP contribution in [0.4, 0.5) is 61.3 Å². The Kier molecular flexibility index (Phi) is 17.0. The molecule has 0 spiro atoms. The number of halogens is 14. The van der Waals surface area contributed by atoms with Crippen LogP contribution in [0.3, 0.4) is 0 Å². The van der Waals surface area contributed by atoms with E-state index in [9.17, 15) is 67.1 Å². The fourth-order valence-electron chi connectivity index (χ4n) is 13.7. The highest BCUT2D eigenvalue weighted by molar-refractivity contribution is 6.64. The number of benzene rings is 7. The summed E-state index contributed by atoms with van der Waals surface area (Å²) in [5, 5.41) is -2.44. The minimum atomic E-state index is -5.44. The maximum absolute atomic E-state index is 17.9. The molecule has 0 amide bonds. The summed E-state index contributed by atoms with van der Waals surface area (Å²) in [6, 6.07) is 15.4. The summed E-state index contributed by atoms with van der Waals surface area (Å²) in [6.07, 6.45) is -21.2. The van der Waals surface area contributed by atoms with Gasteiger partial charge < -0.3 is 46.0 Å². The molecule has 101 heavy (non-hydrogen) atoms. The largest absolute Gasteiger partial charge is 0.533 e. The summed E-state index contributed by atoms with van der Waals surface area (Å²) < 4.78 is 247. The van der Waals surface area contributed by atoms with Gasteiger partial charge in [0.2, 0.25) is 0 Å². The number of rotatable bonds is 13. The van der Waals surface area contributed by atoms with Crippen LogP contribution in [0.15, 0.2) is 152 Å². The summed E-state index contributed by atoms with van der Waals surface area (Å²) in [5.74, 6) is -4.52. The number of carbonyl (C=O) groups excluding carboxylic acids is 3. The number of ether oxygens (including phenoxy) is 5. The lowest BCUT2D eigenvalue weighted by molar-refractivity contribution is -0.144. The van der Waals surface area contributed by atoms with Crippen LogP contribution in [-0.4, -0.2) is 67.2 Å². The van der Waals surface area contributed by atoms with Crippen molar-refractivity contribution < 1.29 is 104 Å². The molecule has 0 bridgehead atoms. The first kappa shape index (κ1) is 70.0. The normalized spacial score (nSPS) is 14.4. The molecule has 0 fully saturated rings. The molecule has 12 rings (SSSR count). The van der Waals surface area contributed by atoms with Gasteiger partial charge >= 0.3 is 49.6 Å². The molecule has 0 saturated heterocycles. The van der Waals surface area contributed by atoms with Crippen molar-refractivity contribution in [1.29, 1.82) is 0 Å². The average molecular weight is 1410 g/mol. The number of alkyl halides is 12. The third-order valence-corrected chi connectivity index (χ3v) is 18.0. The summed E-state index contributed by atoms with van der Waals surface area (Å²) in [7, 11) is 4.68. The fraction of sp³-hybridized carbons (Fsp3) is 0.236. The van der Waals surface area contributed by atoms with E-state index >= 15 is 18.2 Å². The van der Waals surface area contributed by atoms with E-state index in [1.165, 1.54) is 76.6 Å². The molecule has 10 aromatic rings. The number of methoxy groups -OCH3 is 4. The second-order valence-electron chi connectivity index (χ2n) is 24.8. The van der Waals surface area contributed by atoms with E-state index in [0.29, 0.717) is 28.8 Å². The molecule has 0 radical (unpaired) electrons. The van der Waals surface area contributed by atoms with E-state index in [2.05, 4.69) is 0 Å². The maximum Gasteiger partial charge on any atom is 0.533 e. The first-order valence-electron chi connectivity index (χ1n) is 30.7. The maximum atomic E-state index is 17.9. The predicted molar refractivity (Wildman–Crippen MR) is 345 cm³/mol. The lowest BCUT2D eigenvalue weighted by atomic mass is 9.76. The van der Waals surface area contributed by atoms with E-state index in [1.807, 2.05) is 0 Å². The van der Waals surface area contributed by atoms with Crippen LogP contribution in [0.2, 0.25) is 0 Å². The topological polar surface area (TPSA) is 158 Å². The third kappa shape index (κ3) is 11.5. The first-order valence-corrected chi connectivity index (χ1v) is 30.7. The van der Waals surface area contributed by atoms with Gasteiger partial charge in [-0.25, -0.2) is 14.2 Å². The Balaban J connectivity index is 1.01. The van der Waals surface area contributed by atoms with E-state index in [-0.39, 0.29) is 118 Å². The number of nitrogens with zero attached hydrogens (tertiary/aromatic N) is 3. The highest BCUT2D eigenvalue weighted by Crippen LogP contribution is 2.55. The van der Waals surface area contributed by atoms with Gasteiger partial charge in [-0.1, -0.05) is 58.0 Å². The number of carbonyl (C=O) groups is 3. The molecule has 0 unspecified atom stereocenters. The lowest BCUT2D eigenvalue weighted by Gasteiger charge is -2.51. The highest BCUT2D eigenvalue weighted by atomic mass is 19.4. The van der Waals surface area contributed by atoms with Crippen molar-refractivity contribution in [2.75, 3.05) is 28.4 Å². The molecule has 5 heterocycles. The van der Waals surface area contributed by atoms with Gasteiger partial charge in [0.1, 0.15) is 28.4 Å². The molecule has 0 atom stereocenters. The van der Waals surface area contributed by atoms with Crippen molar-refractivity contribution in [1.82, 2.24) is 13.9 Å². The Morgan fingerprint density at radius 2 is 1.09 bits per heavy atom. The summed E-state index contributed by atoms with van der Waals surface area (Å²) in [6.45, 7) is 4.65. The molecule has 7 aromatic carbocycles. The van der Waals surface area contributed by atoms with Gasteiger partial charge in [0.05, 0.1) is 79.5 Å². The Labute approximate surface area is 562 Å². The SMILES string of the molecule is COC(=O)C1=C(C)C2=C(c3c(OC)cc(OC(=O)Cc4ccc(-n5c(=O)c6cc(-c7cc(C(F)(F)F)cc(C(F)(F)F)c7)c7oc8ccccc8c8c(-c9cc(C(F)(F)F)cc(C(F)(F)F)c9)cc(c5=O)c6c78)cc4)cc3OC)c3c(C)c(C(=O)OC)c(C(C)C)n3[B-](F)(F)N2C=C1C(C)C. The van der Waals surface area contributed by atoms with Crippen LogP contribution in [0.5, 0.6) is 17.2 Å². The number of aromatic nitrogens is 2. The number of pyridine rings is 1. The number of esters is 3. The van der Waals surface area contributed by atoms with Crippen molar-refractivity contribution in [3.8, 4) is 45.2 Å². The molecule has 0 aliphatic carbocycles. The van der Waals surface area contributed by atoms with E-state index in [1.54, 1.807) is 27.7 Å². The quantitative estimate of drug-likeness (QED) is 0.0269. The number of fused-ring (bicyclic) bond motifs is 4. The van der Waals surface area contributed by atoms with Crippen molar-refractivity contribution >= 4 is 73.9 Å². The number of hydrogen-bond donors (Lipinski definition) is 0. The van der Waals surface area contributed by atoms with Crippen molar-refractivity contribution in [3.63, 3.8) is 0 Å². The second-order valence-corrected chi connectivity index (χ2v) is 24.8. The summed E-state index contributed by atoms with van der Waals surface area (Å²) in [5.41, 5.74) is -14.1. The van der Waals surface area contributed by atoms with Gasteiger partial charge in [-0.15, -0.1) is 0 Å². The standard InChI is InChI=1S/C72H53BF14N3O11/c1-31(2)49-30-88-62(33(5)54(49)67(94)98-9)60(63-34(6)55(68(95)99-10)61(32(3)4)90(63)73(88,86)87)58-51(96-7)26-43(27-52(58)97-8)100-53(91)19-35-15-17-42(18-16-35)89-65(92)47-28-45(36-20-38(69(74,75)76)24-39(21-36)70(77,78)79)56-44-13-11-12-14-50(44)101-64-46(29-48(66(89)93)57(47)59(56)64)37-22-40(71(80,81)82)25-41(23-37)72(83,84)85/h11-18,20-32H,19H2,1-10H3/q-1. The average Bonchev–Trinajstić information content (AvgIpc) is 1.69. The second kappa shape index (κ2) is 24.5. The Hall–Kier alpha value is -10.9. The van der Waals surface area contributed by atoms with Crippen LogP contribution in [0.1, 0.15) is 101 Å². The third-order valence-electron chi connectivity index (χ3n) is 18.0. The first-order chi connectivity index (χ1) is 47.3. The smallest absolute Gasteiger partial charge is 0.496 e. The minimum Gasteiger partial charge on any atom is -0.496 e. The summed E-state index contributed by atoms with van der Waals surface area (Å²) >= 11 is 0. The number of para-hydroxylation sites is 1. The van der Waals surface area contributed by atoms with Crippen molar-refractivity contribution in [2.24, 2.45) is 5.92 Å². The molecule has 29 heteroatoms. The zero-order chi connectivity index (χ0) is 73.6.